The number of fused-ring (bicyclic) bond motifs is 1. The second-order valence-corrected chi connectivity index (χ2v) is 3.18. The van der Waals surface area contributed by atoms with Crippen molar-refractivity contribution >= 4 is 5.97 Å². The van der Waals surface area contributed by atoms with Crippen molar-refractivity contribution in [1.82, 2.24) is 0 Å². The third-order valence-corrected chi connectivity index (χ3v) is 2.34. The maximum atomic E-state index is 11.0. The number of esters is 1. The van der Waals surface area contributed by atoms with E-state index in [1.165, 1.54) is 5.57 Å². The van der Waals surface area contributed by atoms with Crippen LogP contribution in [0.3, 0.4) is 0 Å². The Hall–Kier alpha value is -1.05. The Kier molecular flexibility index (Phi) is 1.19. The molecule has 2 aliphatic rings. The van der Waals surface area contributed by atoms with Crippen molar-refractivity contribution in [3.63, 3.8) is 0 Å². The minimum Gasteiger partial charge on any atom is -0.454 e. The number of carbonyl (C=O) groups excluding carboxylic acids is 1. The SMILES string of the molecule is C=C1CC2=C(C)C(=O)OC2C1. The summed E-state index contributed by atoms with van der Waals surface area (Å²) in [6.07, 6.45) is 1.73. The van der Waals surface area contributed by atoms with Gasteiger partial charge in [-0.25, -0.2) is 4.79 Å². The lowest BCUT2D eigenvalue weighted by atomic mass is 10.1. The average molecular weight is 150 g/mol. The van der Waals surface area contributed by atoms with Crippen molar-refractivity contribution in [2.75, 3.05) is 0 Å². The number of ether oxygens (including phenoxy) is 1. The Morgan fingerprint density at radius 1 is 1.64 bits per heavy atom. The summed E-state index contributed by atoms with van der Waals surface area (Å²) < 4.78 is 5.09. The summed E-state index contributed by atoms with van der Waals surface area (Å²) in [7, 11) is 0. The largest absolute Gasteiger partial charge is 0.454 e. The molecule has 1 atom stereocenters. The van der Waals surface area contributed by atoms with Crippen LogP contribution in [-0.2, 0) is 9.53 Å². The zero-order valence-electron chi connectivity index (χ0n) is 6.52. The fourth-order valence-corrected chi connectivity index (χ4v) is 1.68. The van der Waals surface area contributed by atoms with E-state index in [9.17, 15) is 4.79 Å². The summed E-state index contributed by atoms with van der Waals surface area (Å²) in [5.41, 5.74) is 3.13. The Labute approximate surface area is 65.5 Å². The highest BCUT2D eigenvalue weighted by Gasteiger charge is 2.35. The summed E-state index contributed by atoms with van der Waals surface area (Å²) in [5.74, 6) is -0.141. The molecule has 1 aliphatic carbocycles. The molecule has 0 N–H and O–H groups in total. The van der Waals surface area contributed by atoms with Gasteiger partial charge in [0, 0.05) is 12.0 Å². The molecule has 0 aromatic rings. The van der Waals surface area contributed by atoms with Crippen LogP contribution in [-0.4, -0.2) is 12.1 Å². The van der Waals surface area contributed by atoms with Crippen molar-refractivity contribution < 1.29 is 9.53 Å². The molecule has 11 heavy (non-hydrogen) atoms. The number of rotatable bonds is 0. The molecule has 1 fully saturated rings. The minimum atomic E-state index is -0.141. The molecule has 1 saturated carbocycles. The first-order valence-electron chi connectivity index (χ1n) is 3.76. The Balaban J connectivity index is 2.39. The van der Waals surface area contributed by atoms with Crippen LogP contribution < -0.4 is 0 Å². The van der Waals surface area contributed by atoms with E-state index in [4.69, 9.17) is 4.74 Å². The van der Waals surface area contributed by atoms with E-state index in [1.54, 1.807) is 0 Å². The maximum Gasteiger partial charge on any atom is 0.334 e. The lowest BCUT2D eigenvalue weighted by Crippen LogP contribution is -2.06. The van der Waals surface area contributed by atoms with Gasteiger partial charge in [-0.2, -0.15) is 0 Å². The molecule has 2 heteroatoms. The molecule has 0 bridgehead atoms. The normalized spacial score (nSPS) is 29.4. The third kappa shape index (κ3) is 0.821. The van der Waals surface area contributed by atoms with Gasteiger partial charge in [0.1, 0.15) is 6.10 Å². The first kappa shape index (κ1) is 6.65. The summed E-state index contributed by atoms with van der Waals surface area (Å²) in [4.78, 5) is 11.0. The van der Waals surface area contributed by atoms with Gasteiger partial charge in [-0.3, -0.25) is 0 Å². The molecule has 58 valence electrons. The van der Waals surface area contributed by atoms with Crippen molar-refractivity contribution in [3.8, 4) is 0 Å². The molecule has 1 aliphatic heterocycles. The first-order valence-corrected chi connectivity index (χ1v) is 3.76. The van der Waals surface area contributed by atoms with E-state index >= 15 is 0 Å². The third-order valence-electron chi connectivity index (χ3n) is 2.34. The quantitative estimate of drug-likeness (QED) is 0.387. The lowest BCUT2D eigenvalue weighted by Gasteiger charge is -2.01. The van der Waals surface area contributed by atoms with Crippen LogP contribution in [0.2, 0.25) is 0 Å². The molecule has 0 radical (unpaired) electrons. The number of hydrogen-bond acceptors (Lipinski definition) is 2. The Bertz CT molecular complexity index is 273. The van der Waals surface area contributed by atoms with Crippen molar-refractivity contribution in [2.45, 2.75) is 25.9 Å². The van der Waals surface area contributed by atoms with E-state index in [0.29, 0.717) is 0 Å². The highest BCUT2D eigenvalue weighted by atomic mass is 16.5. The second-order valence-electron chi connectivity index (χ2n) is 3.18. The fourth-order valence-electron chi connectivity index (χ4n) is 1.68. The van der Waals surface area contributed by atoms with Gasteiger partial charge in [0.15, 0.2) is 0 Å². The molecule has 0 saturated heterocycles. The lowest BCUT2D eigenvalue weighted by molar-refractivity contribution is -0.139. The van der Waals surface area contributed by atoms with Gasteiger partial charge >= 0.3 is 5.97 Å². The summed E-state index contributed by atoms with van der Waals surface area (Å²) >= 11 is 0. The van der Waals surface area contributed by atoms with E-state index in [-0.39, 0.29) is 12.1 Å². The molecule has 0 aromatic heterocycles. The highest BCUT2D eigenvalue weighted by molar-refractivity contribution is 5.92. The van der Waals surface area contributed by atoms with Gasteiger partial charge < -0.3 is 4.74 Å². The molecule has 0 aromatic carbocycles. The predicted molar refractivity (Wildman–Crippen MR) is 41.0 cm³/mol. The molecule has 2 nitrogen and oxygen atoms in total. The molecule has 0 spiro atoms. The van der Waals surface area contributed by atoms with E-state index in [1.807, 2.05) is 6.92 Å². The van der Waals surface area contributed by atoms with E-state index in [0.717, 1.165) is 24.0 Å². The molecular weight excluding hydrogens is 140 g/mol. The van der Waals surface area contributed by atoms with Crippen molar-refractivity contribution in [1.29, 1.82) is 0 Å². The Morgan fingerprint density at radius 3 is 3.00 bits per heavy atom. The molecular formula is C9H10O2. The summed E-state index contributed by atoms with van der Waals surface area (Å²) in [5, 5.41) is 0. The average Bonchev–Trinajstić information content (AvgIpc) is 2.37. The van der Waals surface area contributed by atoms with Crippen molar-refractivity contribution in [2.24, 2.45) is 0 Å². The first-order chi connectivity index (χ1) is 5.18. The monoisotopic (exact) mass is 150 g/mol. The van der Waals surface area contributed by atoms with Gasteiger partial charge in [-0.05, 0) is 18.9 Å². The fraction of sp³-hybridized carbons (Fsp3) is 0.444. The van der Waals surface area contributed by atoms with E-state index in [2.05, 4.69) is 6.58 Å². The van der Waals surface area contributed by atoms with Crippen molar-refractivity contribution in [3.05, 3.63) is 23.3 Å². The topological polar surface area (TPSA) is 26.3 Å². The number of hydrogen-bond donors (Lipinski definition) is 0. The van der Waals surface area contributed by atoms with Crippen LogP contribution in [0, 0.1) is 0 Å². The molecule has 0 amide bonds. The van der Waals surface area contributed by atoms with Crippen LogP contribution in [0.1, 0.15) is 19.8 Å². The van der Waals surface area contributed by atoms with Gasteiger partial charge in [0.25, 0.3) is 0 Å². The summed E-state index contributed by atoms with van der Waals surface area (Å²) in [6, 6.07) is 0. The standard InChI is InChI=1S/C9H10O2/c1-5-3-7-6(2)9(10)11-8(7)4-5/h8H,1,3-4H2,2H3. The van der Waals surface area contributed by atoms with E-state index < -0.39 is 0 Å². The second kappa shape index (κ2) is 1.97. The van der Waals surface area contributed by atoms with Gasteiger partial charge in [-0.15, -0.1) is 0 Å². The van der Waals surface area contributed by atoms with Gasteiger partial charge in [0.05, 0.1) is 0 Å². The highest BCUT2D eigenvalue weighted by Crippen LogP contribution is 2.38. The zero-order valence-corrected chi connectivity index (χ0v) is 6.52. The van der Waals surface area contributed by atoms with Crippen LogP contribution in [0.25, 0.3) is 0 Å². The van der Waals surface area contributed by atoms with Crippen LogP contribution in [0.15, 0.2) is 23.3 Å². The minimum absolute atomic E-state index is 0.0370. The molecule has 1 heterocycles. The molecule has 2 rings (SSSR count). The molecule has 1 unspecified atom stereocenters. The smallest absolute Gasteiger partial charge is 0.334 e. The zero-order chi connectivity index (χ0) is 8.01. The van der Waals surface area contributed by atoms with Crippen LogP contribution >= 0.6 is 0 Å². The number of carbonyl (C=O) groups is 1. The van der Waals surface area contributed by atoms with Gasteiger partial charge in [-0.1, -0.05) is 12.2 Å². The Morgan fingerprint density at radius 2 is 2.36 bits per heavy atom. The predicted octanol–water partition coefficient (Wildman–Crippen LogP) is 1.58. The van der Waals surface area contributed by atoms with Crippen LogP contribution in [0.4, 0.5) is 0 Å². The van der Waals surface area contributed by atoms with Gasteiger partial charge in [0.2, 0.25) is 0 Å². The maximum absolute atomic E-state index is 11.0. The van der Waals surface area contributed by atoms with Crippen LogP contribution in [0.5, 0.6) is 0 Å². The summed E-state index contributed by atoms with van der Waals surface area (Å²) in [6.45, 7) is 5.70.